The van der Waals surface area contributed by atoms with Crippen LogP contribution < -0.4 is 4.74 Å². The Balaban J connectivity index is 2.63. The molecule has 2 heteroatoms. The highest BCUT2D eigenvalue weighted by Crippen LogP contribution is 2.28. The zero-order chi connectivity index (χ0) is 9.90. The van der Waals surface area contributed by atoms with E-state index in [1.54, 1.807) is 11.3 Å². The van der Waals surface area contributed by atoms with Gasteiger partial charge in [0, 0.05) is 4.88 Å². The summed E-state index contributed by atoms with van der Waals surface area (Å²) in [4.78, 5) is 1.30. The van der Waals surface area contributed by atoms with E-state index in [0.29, 0.717) is 0 Å². The van der Waals surface area contributed by atoms with Crippen LogP contribution in [0.1, 0.15) is 25.6 Å². The molecule has 0 bridgehead atoms. The van der Waals surface area contributed by atoms with E-state index < -0.39 is 0 Å². The van der Waals surface area contributed by atoms with Crippen molar-refractivity contribution in [3.05, 3.63) is 29.7 Å². The summed E-state index contributed by atoms with van der Waals surface area (Å²) in [5.41, 5.74) is -0.101. The van der Waals surface area contributed by atoms with Crippen LogP contribution >= 0.6 is 11.3 Å². The van der Waals surface area contributed by atoms with Gasteiger partial charge in [0.15, 0.2) is 5.06 Å². The van der Waals surface area contributed by atoms with E-state index in [2.05, 4.69) is 33.4 Å². The van der Waals surface area contributed by atoms with Crippen LogP contribution in [0.4, 0.5) is 0 Å². The van der Waals surface area contributed by atoms with Gasteiger partial charge in [-0.15, -0.1) is 17.9 Å². The first-order valence-electron chi connectivity index (χ1n) is 4.40. The molecule has 0 amide bonds. The molecule has 0 atom stereocenters. The average Bonchev–Trinajstić information content (AvgIpc) is 2.33. The van der Waals surface area contributed by atoms with Crippen LogP contribution in [0.5, 0.6) is 5.06 Å². The molecule has 0 aromatic carbocycles. The van der Waals surface area contributed by atoms with Gasteiger partial charge in [-0.1, -0.05) is 6.08 Å². The molecule has 0 radical (unpaired) electrons. The first-order chi connectivity index (χ1) is 6.01. The van der Waals surface area contributed by atoms with Crippen molar-refractivity contribution in [3.63, 3.8) is 0 Å². The van der Waals surface area contributed by atoms with Crippen molar-refractivity contribution in [2.75, 3.05) is 0 Å². The van der Waals surface area contributed by atoms with Crippen LogP contribution in [0.2, 0.25) is 0 Å². The molecule has 0 saturated heterocycles. The lowest BCUT2D eigenvalue weighted by Crippen LogP contribution is -2.22. The van der Waals surface area contributed by atoms with E-state index in [0.717, 1.165) is 11.5 Å². The molecule has 1 aromatic heterocycles. The molecule has 0 aliphatic heterocycles. The minimum absolute atomic E-state index is 0.101. The van der Waals surface area contributed by atoms with E-state index in [4.69, 9.17) is 4.74 Å². The summed E-state index contributed by atoms with van der Waals surface area (Å²) in [5, 5.41) is 0.990. The standard InChI is InChI=1S/C11H16OS/c1-5-6-9-7-8-10(13-9)12-11(2,3)4/h5,7-8H,1,6H2,2-4H3. The summed E-state index contributed by atoms with van der Waals surface area (Å²) >= 11 is 1.69. The maximum atomic E-state index is 5.71. The number of hydrogen-bond donors (Lipinski definition) is 0. The Labute approximate surface area is 84.1 Å². The normalized spacial score (nSPS) is 11.3. The highest BCUT2D eigenvalue weighted by atomic mass is 32.1. The number of ether oxygens (including phenoxy) is 1. The molecule has 0 spiro atoms. The zero-order valence-electron chi connectivity index (χ0n) is 8.46. The quantitative estimate of drug-likeness (QED) is 0.670. The molecule has 0 unspecified atom stereocenters. The summed E-state index contributed by atoms with van der Waals surface area (Å²) in [5.74, 6) is 0. The molecule has 13 heavy (non-hydrogen) atoms. The third-order valence-electron chi connectivity index (χ3n) is 1.39. The highest BCUT2D eigenvalue weighted by Gasteiger charge is 2.12. The first kappa shape index (κ1) is 10.3. The summed E-state index contributed by atoms with van der Waals surface area (Å²) in [6, 6.07) is 4.11. The van der Waals surface area contributed by atoms with Gasteiger partial charge in [0.2, 0.25) is 0 Å². The molecule has 1 rings (SSSR count). The largest absolute Gasteiger partial charge is 0.479 e. The van der Waals surface area contributed by atoms with Gasteiger partial charge in [0.25, 0.3) is 0 Å². The SMILES string of the molecule is C=CCc1ccc(OC(C)(C)C)s1. The Morgan fingerprint density at radius 2 is 2.15 bits per heavy atom. The predicted octanol–water partition coefficient (Wildman–Crippen LogP) is 3.65. The van der Waals surface area contributed by atoms with E-state index >= 15 is 0 Å². The van der Waals surface area contributed by atoms with Gasteiger partial charge < -0.3 is 4.74 Å². The fraction of sp³-hybridized carbons (Fsp3) is 0.455. The van der Waals surface area contributed by atoms with Crippen molar-refractivity contribution >= 4 is 11.3 Å². The van der Waals surface area contributed by atoms with Crippen LogP contribution in [-0.4, -0.2) is 5.60 Å². The van der Waals surface area contributed by atoms with Gasteiger partial charge in [-0.05, 0) is 39.3 Å². The van der Waals surface area contributed by atoms with Gasteiger partial charge in [-0.2, -0.15) is 0 Å². The Bertz CT molecular complexity index is 281. The monoisotopic (exact) mass is 196 g/mol. The van der Waals surface area contributed by atoms with Crippen molar-refractivity contribution in [1.82, 2.24) is 0 Å². The fourth-order valence-electron chi connectivity index (χ4n) is 0.967. The van der Waals surface area contributed by atoms with Crippen molar-refractivity contribution in [3.8, 4) is 5.06 Å². The second-order valence-corrected chi connectivity index (χ2v) is 5.06. The summed E-state index contributed by atoms with van der Waals surface area (Å²) in [6.45, 7) is 9.87. The smallest absolute Gasteiger partial charge is 0.174 e. The number of hydrogen-bond acceptors (Lipinski definition) is 2. The molecular formula is C11H16OS. The molecule has 1 heterocycles. The Morgan fingerprint density at radius 3 is 2.69 bits per heavy atom. The molecule has 72 valence electrons. The molecule has 0 fully saturated rings. The maximum Gasteiger partial charge on any atom is 0.174 e. The molecule has 0 saturated carbocycles. The van der Waals surface area contributed by atoms with Crippen LogP contribution in [0.3, 0.4) is 0 Å². The fourth-order valence-corrected chi connectivity index (χ4v) is 1.99. The van der Waals surface area contributed by atoms with Crippen molar-refractivity contribution in [2.45, 2.75) is 32.8 Å². The van der Waals surface area contributed by atoms with Crippen LogP contribution in [0.15, 0.2) is 24.8 Å². The number of allylic oxidation sites excluding steroid dienone is 1. The highest BCUT2D eigenvalue weighted by molar-refractivity contribution is 7.13. The Hall–Kier alpha value is -0.760. The lowest BCUT2D eigenvalue weighted by molar-refractivity contribution is 0.136. The van der Waals surface area contributed by atoms with E-state index in [1.807, 2.05) is 12.1 Å². The molecule has 0 aliphatic carbocycles. The maximum absolute atomic E-state index is 5.71. The van der Waals surface area contributed by atoms with Gasteiger partial charge in [0.05, 0.1) is 0 Å². The second-order valence-electron chi connectivity index (χ2n) is 3.93. The van der Waals surface area contributed by atoms with Gasteiger partial charge in [0.1, 0.15) is 5.60 Å². The summed E-state index contributed by atoms with van der Waals surface area (Å²) < 4.78 is 5.71. The molecule has 1 aromatic rings. The first-order valence-corrected chi connectivity index (χ1v) is 5.21. The second kappa shape index (κ2) is 3.97. The zero-order valence-corrected chi connectivity index (χ0v) is 9.28. The molecule has 0 aliphatic rings. The molecule has 1 nitrogen and oxygen atoms in total. The summed E-state index contributed by atoms with van der Waals surface area (Å²) in [7, 11) is 0. The predicted molar refractivity (Wildman–Crippen MR) is 58.6 cm³/mol. The minimum Gasteiger partial charge on any atom is -0.479 e. The van der Waals surface area contributed by atoms with Crippen LogP contribution in [-0.2, 0) is 6.42 Å². The van der Waals surface area contributed by atoms with Gasteiger partial charge in [-0.3, -0.25) is 0 Å². The van der Waals surface area contributed by atoms with Crippen LogP contribution in [0.25, 0.3) is 0 Å². The third-order valence-corrected chi connectivity index (χ3v) is 2.37. The van der Waals surface area contributed by atoms with Crippen molar-refractivity contribution < 1.29 is 4.74 Å². The van der Waals surface area contributed by atoms with Crippen molar-refractivity contribution in [1.29, 1.82) is 0 Å². The van der Waals surface area contributed by atoms with E-state index in [1.165, 1.54) is 4.88 Å². The van der Waals surface area contributed by atoms with Crippen LogP contribution in [0, 0.1) is 0 Å². The number of rotatable bonds is 3. The Kier molecular flexibility index (Phi) is 3.15. The average molecular weight is 196 g/mol. The van der Waals surface area contributed by atoms with Gasteiger partial charge in [-0.25, -0.2) is 0 Å². The Morgan fingerprint density at radius 1 is 1.46 bits per heavy atom. The lowest BCUT2D eigenvalue weighted by Gasteiger charge is -2.19. The topological polar surface area (TPSA) is 9.23 Å². The van der Waals surface area contributed by atoms with Crippen molar-refractivity contribution in [2.24, 2.45) is 0 Å². The third kappa shape index (κ3) is 3.64. The summed E-state index contributed by atoms with van der Waals surface area (Å²) in [6.07, 6.45) is 2.84. The van der Waals surface area contributed by atoms with E-state index in [-0.39, 0.29) is 5.60 Å². The molecule has 0 N–H and O–H groups in total. The molecular weight excluding hydrogens is 180 g/mol. The number of thiophene rings is 1. The van der Waals surface area contributed by atoms with Gasteiger partial charge >= 0.3 is 0 Å². The minimum atomic E-state index is -0.101. The van der Waals surface area contributed by atoms with E-state index in [9.17, 15) is 0 Å². The lowest BCUT2D eigenvalue weighted by atomic mass is 10.2.